The van der Waals surface area contributed by atoms with Crippen molar-refractivity contribution in [3.63, 3.8) is 0 Å². The summed E-state index contributed by atoms with van der Waals surface area (Å²) < 4.78 is 8.44. The van der Waals surface area contributed by atoms with Crippen LogP contribution in [0.3, 0.4) is 0 Å². The van der Waals surface area contributed by atoms with E-state index < -0.39 is 12.0 Å². The summed E-state index contributed by atoms with van der Waals surface area (Å²) in [5.74, 6) is 0.923. The molecule has 0 bridgehead atoms. The molecule has 7 heteroatoms. The van der Waals surface area contributed by atoms with Crippen molar-refractivity contribution in [1.29, 1.82) is 0 Å². The van der Waals surface area contributed by atoms with Gasteiger partial charge in [-0.2, -0.15) is 11.8 Å². The number of amides is 1. The molecule has 2 aromatic rings. The Morgan fingerprint density at radius 2 is 1.86 bits per heavy atom. The van der Waals surface area contributed by atoms with Gasteiger partial charge >= 0.3 is 5.97 Å². The maximum absolute atomic E-state index is 13.3. The summed E-state index contributed by atoms with van der Waals surface area (Å²) in [6.45, 7) is 3.03. The van der Waals surface area contributed by atoms with Crippen LogP contribution < -0.4 is 10.0 Å². The van der Waals surface area contributed by atoms with E-state index in [-0.39, 0.29) is 5.91 Å². The molecule has 1 atom stereocenters. The number of hydrogen-bond acceptors (Lipinski definition) is 6. The Balaban J connectivity index is 1.76. The van der Waals surface area contributed by atoms with E-state index in [4.69, 9.17) is 4.74 Å². The number of hydrogen-bond donors (Lipinski definition) is 2. The lowest BCUT2D eigenvalue weighted by atomic mass is 9.87. The molecule has 5 nitrogen and oxygen atoms in total. The lowest BCUT2D eigenvalue weighted by Gasteiger charge is -2.21. The van der Waals surface area contributed by atoms with Crippen LogP contribution in [0.1, 0.15) is 60.9 Å². The number of carbonyl (C=O) groups excluding carboxylic acids is 2. The van der Waals surface area contributed by atoms with E-state index >= 15 is 0 Å². The van der Waals surface area contributed by atoms with Gasteiger partial charge in [0.1, 0.15) is 6.04 Å². The fourth-order valence-electron chi connectivity index (χ4n) is 4.62. The molecule has 0 saturated heterocycles. The molecule has 0 aromatic heterocycles. The van der Waals surface area contributed by atoms with Crippen molar-refractivity contribution in [2.24, 2.45) is 5.92 Å². The largest absolute Gasteiger partial charge is 0.467 e. The molecule has 3 rings (SSSR count). The number of aryl methyl sites for hydroxylation is 1. The Hall–Kier alpha value is -1.96. The van der Waals surface area contributed by atoms with Crippen LogP contribution in [0.2, 0.25) is 0 Å². The summed E-state index contributed by atoms with van der Waals surface area (Å²) in [6.07, 6.45) is 10.6. The number of esters is 1. The molecule has 35 heavy (non-hydrogen) atoms. The van der Waals surface area contributed by atoms with Crippen molar-refractivity contribution >= 4 is 35.6 Å². The van der Waals surface area contributed by atoms with Crippen LogP contribution in [0.25, 0.3) is 11.1 Å². The molecule has 0 heterocycles. The Bertz CT molecular complexity index is 976. The molecule has 0 spiro atoms. The number of thioether (sulfide) groups is 1. The van der Waals surface area contributed by atoms with Crippen LogP contribution in [0.4, 0.5) is 0 Å². The highest BCUT2D eigenvalue weighted by molar-refractivity contribution is 7.98. The number of methoxy groups -OCH3 is 1. The molecule has 1 amide bonds. The molecule has 2 aromatic carbocycles. The van der Waals surface area contributed by atoms with E-state index in [0.29, 0.717) is 12.0 Å². The quantitative estimate of drug-likeness (QED) is 0.198. The van der Waals surface area contributed by atoms with E-state index in [1.54, 1.807) is 23.7 Å². The van der Waals surface area contributed by atoms with Crippen molar-refractivity contribution in [3.8, 4) is 11.1 Å². The molecule has 1 aliphatic rings. The van der Waals surface area contributed by atoms with Gasteiger partial charge in [-0.15, -0.1) is 0 Å². The van der Waals surface area contributed by atoms with Crippen molar-refractivity contribution in [3.05, 3.63) is 53.6 Å². The average Bonchev–Trinajstić information content (AvgIpc) is 2.89. The molecular formula is C28H38N2O3S2. The van der Waals surface area contributed by atoms with Crippen molar-refractivity contribution < 1.29 is 14.3 Å². The van der Waals surface area contributed by atoms with Crippen molar-refractivity contribution in [1.82, 2.24) is 10.0 Å². The van der Waals surface area contributed by atoms with E-state index in [2.05, 4.69) is 29.1 Å². The van der Waals surface area contributed by atoms with Crippen molar-refractivity contribution in [2.45, 2.75) is 62.8 Å². The molecule has 1 saturated carbocycles. The minimum atomic E-state index is -0.667. The third-order valence-electron chi connectivity index (χ3n) is 6.64. The number of ether oxygens (including phenoxy) is 1. The van der Waals surface area contributed by atoms with E-state index in [9.17, 15) is 9.59 Å². The third-order valence-corrected chi connectivity index (χ3v) is 8.12. The standard InChI is InChI=1S/C28H38N2O3S2/c1-20-9-7-8-12-23(20)25-19-22(35-29-17-15-21-10-5-4-6-11-21)13-14-24(25)27(31)30-26(16-18-34-3)28(32)33-2/h7-9,12-14,19,21,26,29H,4-6,10-11,15-18H2,1-3H3,(H,30,31). The van der Waals surface area contributed by atoms with Crippen LogP contribution in [0.15, 0.2) is 47.4 Å². The zero-order valence-electron chi connectivity index (χ0n) is 21.1. The van der Waals surface area contributed by atoms with Gasteiger partial charge in [-0.05, 0) is 84.5 Å². The number of rotatable bonds is 12. The van der Waals surface area contributed by atoms with Crippen LogP contribution in [0, 0.1) is 12.8 Å². The van der Waals surface area contributed by atoms with Gasteiger partial charge in [-0.25, -0.2) is 4.79 Å². The second-order valence-corrected chi connectivity index (χ2v) is 11.1. The van der Waals surface area contributed by atoms with Crippen LogP contribution >= 0.6 is 23.7 Å². The summed E-state index contributed by atoms with van der Waals surface area (Å²) in [4.78, 5) is 26.7. The fourth-order valence-corrected chi connectivity index (χ4v) is 5.79. The maximum Gasteiger partial charge on any atom is 0.328 e. The van der Waals surface area contributed by atoms with E-state index in [1.807, 2.05) is 36.6 Å². The van der Waals surface area contributed by atoms with Crippen LogP contribution in [-0.4, -0.2) is 43.6 Å². The zero-order valence-corrected chi connectivity index (χ0v) is 22.7. The van der Waals surface area contributed by atoms with Crippen LogP contribution in [-0.2, 0) is 9.53 Å². The first-order valence-electron chi connectivity index (χ1n) is 12.5. The SMILES string of the molecule is COC(=O)C(CCSC)NC(=O)c1ccc(SNCCC2CCCCC2)cc1-c1ccccc1C. The van der Waals surface area contributed by atoms with Crippen LogP contribution in [0.5, 0.6) is 0 Å². The van der Waals surface area contributed by atoms with Gasteiger partial charge in [0.15, 0.2) is 0 Å². The van der Waals surface area contributed by atoms with Crippen molar-refractivity contribution in [2.75, 3.05) is 25.7 Å². The predicted molar refractivity (Wildman–Crippen MR) is 148 cm³/mol. The second-order valence-electron chi connectivity index (χ2n) is 9.14. The third kappa shape index (κ3) is 8.29. The Kier molecular flexibility index (Phi) is 11.5. The normalized spacial score (nSPS) is 14.9. The first kappa shape index (κ1) is 27.6. The highest BCUT2D eigenvalue weighted by Gasteiger charge is 2.24. The lowest BCUT2D eigenvalue weighted by molar-refractivity contribution is -0.142. The van der Waals surface area contributed by atoms with E-state index in [1.165, 1.54) is 45.6 Å². The predicted octanol–water partition coefficient (Wildman–Crippen LogP) is 6.25. The molecule has 1 fully saturated rings. The minimum absolute atomic E-state index is 0.262. The lowest BCUT2D eigenvalue weighted by Crippen LogP contribution is -2.42. The summed E-state index contributed by atoms with van der Waals surface area (Å²) in [7, 11) is 1.35. The number of benzene rings is 2. The topological polar surface area (TPSA) is 67.4 Å². The summed E-state index contributed by atoms with van der Waals surface area (Å²) in [5, 5.41) is 2.91. The average molecular weight is 515 g/mol. The number of carbonyl (C=O) groups is 2. The van der Waals surface area contributed by atoms with Gasteiger partial charge in [0.2, 0.25) is 0 Å². The van der Waals surface area contributed by atoms with E-state index in [0.717, 1.165) is 39.8 Å². The molecule has 190 valence electrons. The Labute approximate surface area is 218 Å². The maximum atomic E-state index is 13.3. The summed E-state index contributed by atoms with van der Waals surface area (Å²) in [5.41, 5.74) is 3.54. The summed E-state index contributed by atoms with van der Waals surface area (Å²) >= 11 is 3.25. The van der Waals surface area contributed by atoms with Gasteiger partial charge < -0.3 is 10.1 Å². The van der Waals surface area contributed by atoms with Gasteiger partial charge in [-0.3, -0.25) is 9.52 Å². The smallest absolute Gasteiger partial charge is 0.328 e. The molecule has 1 aliphatic carbocycles. The molecule has 0 radical (unpaired) electrons. The highest BCUT2D eigenvalue weighted by Crippen LogP contribution is 2.31. The van der Waals surface area contributed by atoms with Gasteiger partial charge in [-0.1, -0.05) is 56.4 Å². The monoisotopic (exact) mass is 514 g/mol. The first-order valence-corrected chi connectivity index (χ1v) is 14.7. The first-order chi connectivity index (χ1) is 17.0. The molecule has 2 N–H and O–H groups in total. The van der Waals surface area contributed by atoms with Gasteiger partial charge in [0.25, 0.3) is 5.91 Å². The highest BCUT2D eigenvalue weighted by atomic mass is 32.2. The summed E-state index contributed by atoms with van der Waals surface area (Å²) in [6, 6.07) is 13.3. The van der Waals surface area contributed by atoms with Gasteiger partial charge in [0.05, 0.1) is 7.11 Å². The fraction of sp³-hybridized carbons (Fsp3) is 0.500. The number of nitrogens with one attached hydrogen (secondary N) is 2. The Morgan fingerprint density at radius 3 is 2.57 bits per heavy atom. The Morgan fingerprint density at radius 1 is 1.09 bits per heavy atom. The molecule has 0 aliphatic heterocycles. The van der Waals surface area contributed by atoms with Gasteiger partial charge in [0, 0.05) is 17.0 Å². The zero-order chi connectivity index (χ0) is 25.0. The molecule has 1 unspecified atom stereocenters. The second kappa shape index (κ2) is 14.6. The molecular weight excluding hydrogens is 476 g/mol. The minimum Gasteiger partial charge on any atom is -0.467 e.